The van der Waals surface area contributed by atoms with Gasteiger partial charge in [-0.05, 0) is 37.6 Å². The molecule has 1 atom stereocenters. The molecule has 0 fully saturated rings. The molecule has 1 aromatic heterocycles. The Hall–Kier alpha value is -2.01. The predicted octanol–water partition coefficient (Wildman–Crippen LogP) is 2.79. The van der Waals surface area contributed by atoms with Crippen LogP contribution in [0.15, 0.2) is 30.5 Å². The molecule has 2 rings (SSSR count). The fourth-order valence-electron chi connectivity index (χ4n) is 1.70. The largest absolute Gasteiger partial charge is 0.481 e. The van der Waals surface area contributed by atoms with Crippen molar-refractivity contribution >= 4 is 23.3 Å². The van der Waals surface area contributed by atoms with Gasteiger partial charge in [-0.3, -0.25) is 9.48 Å². The molecule has 20 heavy (non-hydrogen) atoms. The van der Waals surface area contributed by atoms with Crippen LogP contribution in [0.2, 0.25) is 5.02 Å². The molecule has 6 heteroatoms. The number of hydrogen-bond donors (Lipinski definition) is 1. The maximum Gasteiger partial charge on any atom is 0.266 e. The third-order valence-electron chi connectivity index (χ3n) is 2.77. The Morgan fingerprint density at radius 2 is 2.20 bits per heavy atom. The minimum absolute atomic E-state index is 0.252. The predicted molar refractivity (Wildman–Crippen MR) is 78.1 cm³/mol. The smallest absolute Gasteiger partial charge is 0.266 e. The minimum atomic E-state index is -0.628. The Balaban J connectivity index is 2.00. The molecule has 0 saturated carbocycles. The first-order chi connectivity index (χ1) is 9.45. The molecule has 0 bridgehead atoms. The normalized spacial score (nSPS) is 12.0. The summed E-state index contributed by atoms with van der Waals surface area (Å²) in [7, 11) is 1.78. The van der Waals surface area contributed by atoms with Crippen LogP contribution in [0.3, 0.4) is 0 Å². The zero-order chi connectivity index (χ0) is 14.7. The summed E-state index contributed by atoms with van der Waals surface area (Å²) in [6, 6.07) is 6.99. The zero-order valence-electron chi connectivity index (χ0n) is 11.6. The summed E-state index contributed by atoms with van der Waals surface area (Å²) in [4.78, 5) is 12.0. The molecule has 0 spiro atoms. The molecular formula is C14H16ClN3O2. The van der Waals surface area contributed by atoms with Gasteiger partial charge in [-0.2, -0.15) is 5.10 Å². The first-order valence-electron chi connectivity index (χ1n) is 6.19. The van der Waals surface area contributed by atoms with Crippen LogP contribution in [0.5, 0.6) is 5.75 Å². The summed E-state index contributed by atoms with van der Waals surface area (Å²) in [5.41, 5.74) is 0.884. The lowest BCUT2D eigenvalue weighted by Crippen LogP contribution is -2.30. The Morgan fingerprint density at radius 3 is 2.80 bits per heavy atom. The number of nitrogens with zero attached hydrogens (tertiary/aromatic N) is 2. The van der Waals surface area contributed by atoms with Crippen LogP contribution in [-0.4, -0.2) is 21.8 Å². The number of amides is 1. The van der Waals surface area contributed by atoms with Gasteiger partial charge in [0.15, 0.2) is 11.9 Å². The van der Waals surface area contributed by atoms with Gasteiger partial charge in [-0.1, -0.05) is 11.6 Å². The highest BCUT2D eigenvalue weighted by Gasteiger charge is 2.16. The topological polar surface area (TPSA) is 56.1 Å². The molecule has 106 valence electrons. The molecule has 0 saturated heterocycles. The van der Waals surface area contributed by atoms with Gasteiger partial charge in [0.25, 0.3) is 5.91 Å². The summed E-state index contributed by atoms with van der Waals surface area (Å²) >= 11 is 5.88. The number of aryl methyl sites for hydroxylation is 2. The zero-order valence-corrected chi connectivity index (χ0v) is 12.3. The first-order valence-corrected chi connectivity index (χ1v) is 6.57. The van der Waals surface area contributed by atoms with E-state index in [2.05, 4.69) is 10.4 Å². The van der Waals surface area contributed by atoms with Crippen molar-refractivity contribution in [3.05, 3.63) is 41.0 Å². The number of carbonyl (C=O) groups is 1. The van der Waals surface area contributed by atoms with Crippen LogP contribution < -0.4 is 10.1 Å². The van der Waals surface area contributed by atoms with E-state index in [1.54, 1.807) is 49.1 Å². The van der Waals surface area contributed by atoms with Gasteiger partial charge in [-0.25, -0.2) is 0 Å². The average Bonchev–Trinajstić information content (AvgIpc) is 2.78. The number of aromatic nitrogens is 2. The molecule has 1 aromatic carbocycles. The van der Waals surface area contributed by atoms with E-state index < -0.39 is 6.10 Å². The maximum atomic E-state index is 12.0. The Kier molecular flexibility index (Phi) is 4.29. The van der Waals surface area contributed by atoms with Gasteiger partial charge in [0.1, 0.15) is 5.75 Å². The highest BCUT2D eigenvalue weighted by Crippen LogP contribution is 2.23. The van der Waals surface area contributed by atoms with E-state index in [1.165, 1.54) is 0 Å². The van der Waals surface area contributed by atoms with E-state index >= 15 is 0 Å². The SMILES string of the molecule is Cc1cc(Cl)ccc1OC(C)C(=O)Nc1ccn(C)n1. The molecule has 0 radical (unpaired) electrons. The van der Waals surface area contributed by atoms with Crippen molar-refractivity contribution in [3.8, 4) is 5.75 Å². The van der Waals surface area contributed by atoms with E-state index in [9.17, 15) is 4.79 Å². The maximum absolute atomic E-state index is 12.0. The number of hydrogen-bond acceptors (Lipinski definition) is 3. The minimum Gasteiger partial charge on any atom is -0.481 e. The number of benzene rings is 1. The molecule has 2 aromatic rings. The second kappa shape index (κ2) is 5.96. The summed E-state index contributed by atoms with van der Waals surface area (Å²) < 4.78 is 7.25. The van der Waals surface area contributed by atoms with Crippen LogP contribution in [0.1, 0.15) is 12.5 Å². The molecule has 1 N–H and O–H groups in total. The number of rotatable bonds is 4. The van der Waals surface area contributed by atoms with Crippen LogP contribution in [0, 0.1) is 6.92 Å². The number of carbonyl (C=O) groups excluding carboxylic acids is 1. The Bertz CT molecular complexity index is 625. The van der Waals surface area contributed by atoms with Crippen molar-refractivity contribution in [1.82, 2.24) is 9.78 Å². The number of halogens is 1. The van der Waals surface area contributed by atoms with Crippen molar-refractivity contribution in [2.24, 2.45) is 7.05 Å². The Labute approximate surface area is 122 Å². The van der Waals surface area contributed by atoms with Gasteiger partial charge in [0.05, 0.1) is 0 Å². The Morgan fingerprint density at radius 1 is 1.45 bits per heavy atom. The molecule has 1 unspecified atom stereocenters. The molecule has 5 nitrogen and oxygen atoms in total. The summed E-state index contributed by atoms with van der Waals surface area (Å²) in [6.07, 6.45) is 1.13. The second-order valence-electron chi connectivity index (χ2n) is 4.53. The van der Waals surface area contributed by atoms with E-state index in [4.69, 9.17) is 16.3 Å². The first kappa shape index (κ1) is 14.4. The summed E-state index contributed by atoms with van der Waals surface area (Å²) in [6.45, 7) is 3.57. The van der Waals surface area contributed by atoms with E-state index in [1.807, 2.05) is 6.92 Å². The van der Waals surface area contributed by atoms with Crippen molar-refractivity contribution in [1.29, 1.82) is 0 Å². The van der Waals surface area contributed by atoms with Crippen molar-refractivity contribution in [2.75, 3.05) is 5.32 Å². The van der Waals surface area contributed by atoms with Gasteiger partial charge in [0, 0.05) is 24.3 Å². The molecule has 1 heterocycles. The van der Waals surface area contributed by atoms with Gasteiger partial charge >= 0.3 is 0 Å². The lowest BCUT2D eigenvalue weighted by molar-refractivity contribution is -0.122. The third-order valence-corrected chi connectivity index (χ3v) is 3.01. The van der Waals surface area contributed by atoms with E-state index in [0.29, 0.717) is 16.6 Å². The monoisotopic (exact) mass is 293 g/mol. The van der Waals surface area contributed by atoms with Crippen molar-refractivity contribution in [3.63, 3.8) is 0 Å². The van der Waals surface area contributed by atoms with E-state index in [0.717, 1.165) is 5.56 Å². The van der Waals surface area contributed by atoms with Gasteiger partial charge < -0.3 is 10.1 Å². The molecule has 0 aliphatic carbocycles. The molecule has 0 aliphatic rings. The molecular weight excluding hydrogens is 278 g/mol. The second-order valence-corrected chi connectivity index (χ2v) is 4.97. The van der Waals surface area contributed by atoms with Crippen LogP contribution in [0.25, 0.3) is 0 Å². The van der Waals surface area contributed by atoms with Crippen LogP contribution in [-0.2, 0) is 11.8 Å². The molecule has 1 amide bonds. The lowest BCUT2D eigenvalue weighted by Gasteiger charge is -2.15. The quantitative estimate of drug-likeness (QED) is 0.943. The van der Waals surface area contributed by atoms with Crippen LogP contribution in [0.4, 0.5) is 5.82 Å². The fourth-order valence-corrected chi connectivity index (χ4v) is 1.93. The lowest BCUT2D eigenvalue weighted by atomic mass is 10.2. The van der Waals surface area contributed by atoms with Gasteiger partial charge in [-0.15, -0.1) is 0 Å². The summed E-state index contributed by atoms with van der Waals surface area (Å²) in [5, 5.41) is 7.41. The fraction of sp³-hybridized carbons (Fsp3) is 0.286. The average molecular weight is 294 g/mol. The summed E-state index contributed by atoms with van der Waals surface area (Å²) in [5.74, 6) is 0.886. The standard InChI is InChI=1S/C14H16ClN3O2/c1-9-8-11(15)4-5-12(9)20-10(2)14(19)16-13-6-7-18(3)17-13/h4-8,10H,1-3H3,(H,16,17,19). The highest BCUT2D eigenvalue weighted by molar-refractivity contribution is 6.30. The number of anilines is 1. The number of nitrogens with one attached hydrogen (secondary N) is 1. The highest BCUT2D eigenvalue weighted by atomic mass is 35.5. The number of ether oxygens (including phenoxy) is 1. The molecule has 0 aliphatic heterocycles. The van der Waals surface area contributed by atoms with Crippen molar-refractivity contribution < 1.29 is 9.53 Å². The van der Waals surface area contributed by atoms with Crippen LogP contribution >= 0.6 is 11.6 Å². The van der Waals surface area contributed by atoms with Crippen molar-refractivity contribution in [2.45, 2.75) is 20.0 Å². The van der Waals surface area contributed by atoms with E-state index in [-0.39, 0.29) is 5.91 Å². The van der Waals surface area contributed by atoms with Gasteiger partial charge in [0.2, 0.25) is 0 Å². The third kappa shape index (κ3) is 3.51.